The molecule has 7 nitrogen and oxygen atoms in total. The highest BCUT2D eigenvalue weighted by Crippen LogP contribution is 2.33. The van der Waals surface area contributed by atoms with E-state index < -0.39 is 28.5 Å². The zero-order chi connectivity index (χ0) is 24.7. The third-order valence-corrected chi connectivity index (χ3v) is 9.90. The highest BCUT2D eigenvalue weighted by atomic mass is 32.2. The van der Waals surface area contributed by atoms with Crippen LogP contribution in [0.4, 0.5) is 5.69 Å². The molecule has 0 aliphatic carbocycles. The molecule has 0 saturated carbocycles. The number of nitrogens with zero attached hydrogens (tertiary/aromatic N) is 1. The van der Waals surface area contributed by atoms with Crippen LogP contribution in [0, 0.1) is 0 Å². The number of para-hydroxylation sites is 1. The van der Waals surface area contributed by atoms with Gasteiger partial charge in [0.15, 0.2) is 6.61 Å². The molecule has 1 N–H and O–H groups in total. The van der Waals surface area contributed by atoms with Crippen molar-refractivity contribution in [2.24, 2.45) is 0 Å². The maximum atomic E-state index is 12.8. The standard InChI is InChI=1S/C25H26N2O5S3/c28-23(26-21-11-5-6-12-22(21)33-19-9-3-1-4-10-19)18-32-24(29)17-20-13-14-25(34-20)35(30,31)27-15-7-2-8-16-27/h1,3-6,9-14H,2,7-8,15-18H2,(H,26,28). The Morgan fingerprint density at radius 3 is 2.43 bits per heavy atom. The molecule has 1 saturated heterocycles. The number of benzene rings is 2. The lowest BCUT2D eigenvalue weighted by Crippen LogP contribution is -2.35. The Morgan fingerprint density at radius 2 is 1.66 bits per heavy atom. The van der Waals surface area contributed by atoms with E-state index in [1.54, 1.807) is 12.1 Å². The SMILES string of the molecule is O=C(COC(=O)Cc1ccc(S(=O)(=O)N2CCCCC2)s1)Nc1ccccc1Sc1ccccc1. The van der Waals surface area contributed by atoms with E-state index in [9.17, 15) is 18.0 Å². The van der Waals surface area contributed by atoms with Crippen LogP contribution in [-0.2, 0) is 30.8 Å². The minimum absolute atomic E-state index is 0.0894. The summed E-state index contributed by atoms with van der Waals surface area (Å²) in [5, 5.41) is 2.79. The Hall–Kier alpha value is -2.66. The molecule has 0 atom stereocenters. The van der Waals surface area contributed by atoms with Gasteiger partial charge in [0.05, 0.1) is 12.1 Å². The summed E-state index contributed by atoms with van der Waals surface area (Å²) in [5.41, 5.74) is 0.633. The number of thiophene rings is 1. The second-order valence-electron chi connectivity index (χ2n) is 7.98. The number of hydrogen-bond donors (Lipinski definition) is 1. The highest BCUT2D eigenvalue weighted by Gasteiger charge is 2.27. The fraction of sp³-hybridized carbons (Fsp3) is 0.280. The zero-order valence-corrected chi connectivity index (χ0v) is 21.5. The van der Waals surface area contributed by atoms with Gasteiger partial charge in [-0.25, -0.2) is 8.42 Å². The van der Waals surface area contributed by atoms with E-state index in [-0.39, 0.29) is 10.6 Å². The van der Waals surface area contributed by atoms with Crippen LogP contribution in [-0.4, -0.2) is 44.3 Å². The van der Waals surface area contributed by atoms with Crippen LogP contribution in [0.1, 0.15) is 24.1 Å². The molecule has 0 unspecified atom stereocenters. The summed E-state index contributed by atoms with van der Waals surface area (Å²) in [4.78, 5) is 27.2. The van der Waals surface area contributed by atoms with Crippen LogP contribution >= 0.6 is 23.1 Å². The van der Waals surface area contributed by atoms with Gasteiger partial charge in [-0.05, 0) is 49.2 Å². The molecule has 0 bridgehead atoms. The minimum atomic E-state index is -3.53. The van der Waals surface area contributed by atoms with Gasteiger partial charge in [-0.15, -0.1) is 11.3 Å². The maximum Gasteiger partial charge on any atom is 0.311 e. The third kappa shape index (κ3) is 6.94. The number of anilines is 1. The smallest absolute Gasteiger partial charge is 0.311 e. The quantitative estimate of drug-likeness (QED) is 0.400. The summed E-state index contributed by atoms with van der Waals surface area (Å²) >= 11 is 2.59. The Labute approximate surface area is 213 Å². The molecule has 0 radical (unpaired) electrons. The van der Waals surface area contributed by atoms with E-state index in [1.165, 1.54) is 22.1 Å². The number of carbonyl (C=O) groups excluding carboxylic acids is 2. The first-order chi connectivity index (χ1) is 16.9. The van der Waals surface area contributed by atoms with Crippen molar-refractivity contribution in [2.45, 2.75) is 39.7 Å². The number of hydrogen-bond acceptors (Lipinski definition) is 7. The van der Waals surface area contributed by atoms with Gasteiger partial charge in [-0.1, -0.05) is 48.5 Å². The summed E-state index contributed by atoms with van der Waals surface area (Å²) in [5.74, 6) is -1.03. The van der Waals surface area contributed by atoms with E-state index in [4.69, 9.17) is 4.74 Å². The number of piperidine rings is 1. The first kappa shape index (κ1) is 25.4. The van der Waals surface area contributed by atoms with Gasteiger partial charge in [-0.2, -0.15) is 4.31 Å². The molecule has 1 amide bonds. The predicted molar refractivity (Wildman–Crippen MR) is 137 cm³/mol. The first-order valence-corrected chi connectivity index (χ1v) is 14.4. The van der Waals surface area contributed by atoms with E-state index in [0.717, 1.165) is 40.4 Å². The van der Waals surface area contributed by atoms with Crippen LogP contribution in [0.15, 0.2) is 80.7 Å². The molecular weight excluding hydrogens is 504 g/mol. The lowest BCUT2D eigenvalue weighted by atomic mass is 10.2. The average Bonchev–Trinajstić information content (AvgIpc) is 3.34. The van der Waals surface area contributed by atoms with Crippen molar-refractivity contribution >= 4 is 50.7 Å². The lowest BCUT2D eigenvalue weighted by Gasteiger charge is -2.25. The maximum absolute atomic E-state index is 12.8. The van der Waals surface area contributed by atoms with E-state index in [1.807, 2.05) is 48.5 Å². The summed E-state index contributed by atoms with van der Waals surface area (Å²) < 4.78 is 32.4. The van der Waals surface area contributed by atoms with Crippen LogP contribution < -0.4 is 5.32 Å². The van der Waals surface area contributed by atoms with Crippen molar-refractivity contribution in [3.8, 4) is 0 Å². The summed E-state index contributed by atoms with van der Waals surface area (Å²) in [6.45, 7) is 0.632. The van der Waals surface area contributed by atoms with Crippen molar-refractivity contribution in [3.05, 3.63) is 71.6 Å². The number of nitrogens with one attached hydrogen (secondary N) is 1. The number of sulfonamides is 1. The van der Waals surface area contributed by atoms with Crippen molar-refractivity contribution in [1.29, 1.82) is 0 Å². The second kappa shape index (κ2) is 11.9. The van der Waals surface area contributed by atoms with Crippen molar-refractivity contribution in [2.75, 3.05) is 25.0 Å². The Bertz CT molecular complexity index is 1270. The number of ether oxygens (including phenoxy) is 1. The molecule has 4 rings (SSSR count). The molecule has 1 aromatic heterocycles. The number of amides is 1. The van der Waals surface area contributed by atoms with E-state index in [2.05, 4.69) is 5.32 Å². The number of carbonyl (C=O) groups is 2. The molecule has 1 fully saturated rings. The van der Waals surface area contributed by atoms with Crippen LogP contribution in [0.5, 0.6) is 0 Å². The van der Waals surface area contributed by atoms with Gasteiger partial charge < -0.3 is 10.1 Å². The van der Waals surface area contributed by atoms with Gasteiger partial charge in [0.2, 0.25) is 0 Å². The van der Waals surface area contributed by atoms with Gasteiger partial charge in [0, 0.05) is 27.8 Å². The second-order valence-corrected chi connectivity index (χ2v) is 12.4. The minimum Gasteiger partial charge on any atom is -0.455 e. The van der Waals surface area contributed by atoms with E-state index in [0.29, 0.717) is 23.7 Å². The molecule has 184 valence electrons. The predicted octanol–water partition coefficient (Wildman–Crippen LogP) is 4.80. The molecule has 35 heavy (non-hydrogen) atoms. The number of esters is 1. The lowest BCUT2D eigenvalue weighted by molar-refractivity contribution is -0.146. The van der Waals surface area contributed by atoms with Crippen molar-refractivity contribution < 1.29 is 22.7 Å². The van der Waals surface area contributed by atoms with Gasteiger partial charge in [0.1, 0.15) is 4.21 Å². The summed E-state index contributed by atoms with van der Waals surface area (Å²) in [7, 11) is -3.53. The Morgan fingerprint density at radius 1 is 0.943 bits per heavy atom. The normalized spacial score (nSPS) is 14.4. The molecule has 3 aromatic rings. The van der Waals surface area contributed by atoms with Crippen molar-refractivity contribution in [3.63, 3.8) is 0 Å². The third-order valence-electron chi connectivity index (χ3n) is 5.36. The van der Waals surface area contributed by atoms with Gasteiger partial charge >= 0.3 is 5.97 Å². The average molecular weight is 531 g/mol. The summed E-state index contributed by atoms with van der Waals surface area (Å²) in [6.07, 6.45) is 2.68. The largest absolute Gasteiger partial charge is 0.455 e. The molecule has 2 heterocycles. The summed E-state index contributed by atoms with van der Waals surface area (Å²) in [6, 6.07) is 20.4. The van der Waals surface area contributed by atoms with E-state index >= 15 is 0 Å². The molecule has 10 heteroatoms. The number of rotatable bonds is 9. The van der Waals surface area contributed by atoms with Crippen LogP contribution in [0.2, 0.25) is 0 Å². The molecule has 2 aromatic carbocycles. The molecular formula is C25H26N2O5S3. The molecule has 1 aliphatic rings. The fourth-order valence-corrected chi connectivity index (χ4v) is 7.56. The monoisotopic (exact) mass is 530 g/mol. The molecule has 0 spiro atoms. The van der Waals surface area contributed by atoms with Gasteiger partial charge in [-0.3, -0.25) is 9.59 Å². The topological polar surface area (TPSA) is 92.8 Å². The zero-order valence-electron chi connectivity index (χ0n) is 19.0. The Balaban J connectivity index is 1.29. The fourth-order valence-electron chi connectivity index (χ4n) is 3.62. The highest BCUT2D eigenvalue weighted by molar-refractivity contribution is 7.99. The van der Waals surface area contributed by atoms with Crippen molar-refractivity contribution in [1.82, 2.24) is 4.31 Å². The first-order valence-electron chi connectivity index (χ1n) is 11.3. The van der Waals surface area contributed by atoms with Crippen LogP contribution in [0.3, 0.4) is 0 Å². The molecule has 1 aliphatic heterocycles. The van der Waals surface area contributed by atoms with Gasteiger partial charge in [0.25, 0.3) is 15.9 Å². The Kier molecular flexibility index (Phi) is 8.61. The van der Waals surface area contributed by atoms with Crippen LogP contribution in [0.25, 0.3) is 0 Å².